The number of nitrogens with one attached hydrogen (secondary N) is 2. The van der Waals surface area contributed by atoms with Gasteiger partial charge in [-0.15, -0.1) is 0 Å². The van der Waals surface area contributed by atoms with Crippen molar-refractivity contribution in [3.63, 3.8) is 0 Å². The van der Waals surface area contributed by atoms with Crippen molar-refractivity contribution in [1.82, 2.24) is 5.32 Å². The Hall–Kier alpha value is -2.33. The molecule has 0 saturated heterocycles. The summed E-state index contributed by atoms with van der Waals surface area (Å²) in [6.45, 7) is 1.87. The summed E-state index contributed by atoms with van der Waals surface area (Å²) in [5, 5.41) is 17.7. The number of hydrogen-bond donors (Lipinski definition) is 2. The van der Waals surface area contributed by atoms with Crippen LogP contribution in [0.25, 0.3) is 0 Å². The quantitative estimate of drug-likeness (QED) is 0.470. The molecule has 0 fully saturated rings. The van der Waals surface area contributed by atoms with Gasteiger partial charge in [-0.25, -0.2) is 0 Å². The number of para-hydroxylation sites is 1. The number of rotatable bonds is 6. The molecule has 1 aliphatic heterocycles. The second-order valence-electron chi connectivity index (χ2n) is 8.73. The molecule has 180 valence electrons. The van der Waals surface area contributed by atoms with Crippen molar-refractivity contribution in [2.45, 2.75) is 38.3 Å². The zero-order chi connectivity index (χ0) is 24.9. The van der Waals surface area contributed by atoms with Crippen LogP contribution in [0.3, 0.4) is 0 Å². The number of aryl methyl sites for hydroxylation is 1. The van der Waals surface area contributed by atoms with E-state index in [-0.39, 0.29) is 75.7 Å². The molecule has 0 aliphatic carbocycles. The minimum Gasteiger partial charge on any atom is -0.550 e. The third-order valence-corrected chi connectivity index (χ3v) is 6.47. The number of aliphatic carboxylic acids is 1. The Labute approximate surface area is 253 Å². The number of carboxylic acid groups (broad SMARTS) is 1. The topological polar surface area (TPSA) is 102 Å². The molecule has 2 amide bonds. The molecule has 0 saturated carbocycles. The van der Waals surface area contributed by atoms with Crippen LogP contribution in [-0.2, 0) is 4.79 Å². The van der Waals surface area contributed by atoms with Crippen molar-refractivity contribution in [3.05, 3.63) is 95.1 Å². The minimum atomic E-state index is -1.19. The Balaban J connectivity index is 0.00000361. The van der Waals surface area contributed by atoms with Crippen LogP contribution in [0.4, 0.5) is 11.4 Å². The second-order valence-corrected chi connectivity index (χ2v) is 8.73. The van der Waals surface area contributed by atoms with E-state index in [1.807, 2.05) is 56.4 Å². The number of carbonyl (C=O) groups is 3. The average molecular weight is 510 g/mol. The van der Waals surface area contributed by atoms with E-state index in [9.17, 15) is 19.5 Å². The molecular weight excluding hydrogens is 481 g/mol. The van der Waals surface area contributed by atoms with Gasteiger partial charge in [0.05, 0.1) is 0 Å². The molecule has 0 aromatic heterocycles. The van der Waals surface area contributed by atoms with E-state index in [1.165, 1.54) is 0 Å². The van der Waals surface area contributed by atoms with E-state index in [2.05, 4.69) is 10.6 Å². The first-order valence-electron chi connectivity index (χ1n) is 11.7. The maximum atomic E-state index is 13.7. The normalized spacial score (nSPS) is 16.8. The number of amides is 2. The van der Waals surface area contributed by atoms with Crippen molar-refractivity contribution in [2.75, 3.05) is 17.3 Å². The van der Waals surface area contributed by atoms with Crippen molar-refractivity contribution in [1.29, 1.82) is 0 Å². The van der Waals surface area contributed by atoms with E-state index in [1.54, 1.807) is 35.2 Å². The van der Waals surface area contributed by atoms with Crippen LogP contribution >= 0.6 is 0 Å². The molecular formula is C28H28KN3O4. The van der Waals surface area contributed by atoms with Gasteiger partial charge in [0.2, 0.25) is 0 Å². The second kappa shape index (κ2) is 12.8. The Morgan fingerprint density at radius 1 is 0.944 bits per heavy atom. The number of hydrogen-bond acceptors (Lipinski definition) is 5. The van der Waals surface area contributed by atoms with Crippen molar-refractivity contribution >= 4 is 29.2 Å². The smallest absolute Gasteiger partial charge is 0.550 e. The Morgan fingerprint density at radius 2 is 1.61 bits per heavy atom. The fraction of sp³-hybridized carbons (Fsp3) is 0.250. The molecule has 1 heterocycles. The van der Waals surface area contributed by atoms with Gasteiger partial charge in [0, 0.05) is 47.0 Å². The van der Waals surface area contributed by atoms with Crippen molar-refractivity contribution < 1.29 is 70.9 Å². The van der Waals surface area contributed by atoms with Gasteiger partial charge in [0.25, 0.3) is 11.8 Å². The van der Waals surface area contributed by atoms with Crippen LogP contribution in [-0.4, -0.2) is 30.9 Å². The summed E-state index contributed by atoms with van der Waals surface area (Å²) in [6.07, 6.45) is 0.963. The Bertz CT molecular complexity index is 1250. The minimum absolute atomic E-state index is 0. The molecule has 3 aromatic carbocycles. The van der Waals surface area contributed by atoms with E-state index in [4.69, 9.17) is 0 Å². The molecule has 2 unspecified atom stereocenters. The predicted octanol–water partition coefficient (Wildman–Crippen LogP) is 0.461. The van der Waals surface area contributed by atoms with Gasteiger partial charge < -0.3 is 25.4 Å². The number of fused-ring (bicyclic) bond motifs is 1. The third-order valence-electron chi connectivity index (χ3n) is 6.47. The number of benzene rings is 3. The fourth-order valence-electron chi connectivity index (χ4n) is 4.66. The Kier molecular flexibility index (Phi) is 10.0. The van der Waals surface area contributed by atoms with Crippen LogP contribution in [0.1, 0.15) is 57.1 Å². The van der Waals surface area contributed by atoms with E-state index in [0.717, 1.165) is 11.1 Å². The molecule has 0 bridgehead atoms. The molecule has 7 nitrogen and oxygen atoms in total. The summed E-state index contributed by atoms with van der Waals surface area (Å²) in [4.78, 5) is 39.5. The molecule has 0 radical (unpaired) electrons. The van der Waals surface area contributed by atoms with Crippen LogP contribution in [0.15, 0.2) is 72.8 Å². The van der Waals surface area contributed by atoms with E-state index < -0.39 is 12.0 Å². The summed E-state index contributed by atoms with van der Waals surface area (Å²) >= 11 is 0. The standard InChI is InChI=1S/C28H29N3O4.K/c1-18-7-3-4-8-22(18)27(34)30-20-13-11-19(12-14-20)28(35)31-21(17-26(32)33)15-16-24(29-2)23-9-5-6-10-25(23)31;/h3-14,21,24,29H,15-17H2,1-2H3,(H,30,34)(H,32,33);/q;+1/p-1. The monoisotopic (exact) mass is 509 g/mol. The van der Waals surface area contributed by atoms with Gasteiger partial charge in [-0.3, -0.25) is 9.59 Å². The largest absolute Gasteiger partial charge is 1.00 e. The van der Waals surface area contributed by atoms with Gasteiger partial charge in [0.1, 0.15) is 0 Å². The maximum Gasteiger partial charge on any atom is 1.00 e. The van der Waals surface area contributed by atoms with Crippen molar-refractivity contribution in [2.24, 2.45) is 0 Å². The molecule has 4 rings (SSSR count). The number of nitrogens with zero attached hydrogens (tertiary/aromatic N) is 1. The third kappa shape index (κ3) is 6.32. The van der Waals surface area contributed by atoms with Crippen LogP contribution in [0.2, 0.25) is 0 Å². The molecule has 0 spiro atoms. The molecule has 2 N–H and O–H groups in total. The summed E-state index contributed by atoms with van der Waals surface area (Å²) in [7, 11) is 1.86. The van der Waals surface area contributed by atoms with Gasteiger partial charge in [-0.2, -0.15) is 0 Å². The van der Waals surface area contributed by atoms with Gasteiger partial charge >= 0.3 is 51.4 Å². The zero-order valence-corrected chi connectivity index (χ0v) is 23.9. The molecule has 1 aliphatic rings. The van der Waals surface area contributed by atoms with Crippen molar-refractivity contribution in [3.8, 4) is 0 Å². The first-order valence-corrected chi connectivity index (χ1v) is 11.7. The van der Waals surface area contributed by atoms with Crippen LogP contribution in [0, 0.1) is 6.92 Å². The van der Waals surface area contributed by atoms with E-state index in [0.29, 0.717) is 35.3 Å². The summed E-state index contributed by atoms with van der Waals surface area (Å²) in [6, 6.07) is 21.0. The summed E-state index contributed by atoms with van der Waals surface area (Å²) in [5.74, 6) is -1.71. The van der Waals surface area contributed by atoms with Gasteiger partial charge in [-0.05, 0) is 74.3 Å². The number of anilines is 2. The predicted molar refractivity (Wildman–Crippen MR) is 133 cm³/mol. The summed E-state index contributed by atoms with van der Waals surface area (Å²) < 4.78 is 0. The zero-order valence-electron chi connectivity index (χ0n) is 20.8. The maximum absolute atomic E-state index is 13.7. The summed E-state index contributed by atoms with van der Waals surface area (Å²) in [5.41, 5.74) is 4.06. The molecule has 8 heteroatoms. The Morgan fingerprint density at radius 3 is 2.28 bits per heavy atom. The van der Waals surface area contributed by atoms with Crippen LogP contribution in [0.5, 0.6) is 0 Å². The van der Waals surface area contributed by atoms with E-state index >= 15 is 0 Å². The molecule has 2 atom stereocenters. The van der Waals surface area contributed by atoms with Crippen LogP contribution < -0.4 is 72.0 Å². The van der Waals surface area contributed by atoms with Gasteiger partial charge in [-0.1, -0.05) is 36.4 Å². The first-order chi connectivity index (χ1) is 16.9. The number of carboxylic acids is 1. The fourth-order valence-corrected chi connectivity index (χ4v) is 4.66. The first kappa shape index (κ1) is 28.2. The molecule has 3 aromatic rings. The van der Waals surface area contributed by atoms with Gasteiger partial charge in [0.15, 0.2) is 0 Å². The average Bonchev–Trinajstić information content (AvgIpc) is 3.00. The SMILES string of the molecule is CNC1CCC(CC(=O)[O-])N(C(=O)c2ccc(NC(=O)c3ccccc3C)cc2)c2ccccc21.[K+]. The number of carbonyl (C=O) groups excluding carboxylic acids is 3. The molecule has 36 heavy (non-hydrogen) atoms.